The van der Waals surface area contributed by atoms with Crippen LogP contribution >= 0.6 is 0 Å². The van der Waals surface area contributed by atoms with Gasteiger partial charge >= 0.3 is 0 Å². The first-order chi connectivity index (χ1) is 12.6. The van der Waals surface area contributed by atoms with Gasteiger partial charge in [0.15, 0.2) is 0 Å². The minimum absolute atomic E-state index is 0.0265. The van der Waals surface area contributed by atoms with Gasteiger partial charge in [-0.15, -0.1) is 0 Å². The van der Waals surface area contributed by atoms with Crippen molar-refractivity contribution in [1.82, 2.24) is 14.8 Å². The van der Waals surface area contributed by atoms with E-state index in [1.54, 1.807) is 13.8 Å². The number of nitriles is 1. The van der Waals surface area contributed by atoms with Crippen LogP contribution in [0.1, 0.15) is 25.8 Å². The summed E-state index contributed by atoms with van der Waals surface area (Å²) in [5.74, 6) is -0.620. The number of sulfonamides is 1. The predicted molar refractivity (Wildman–Crippen MR) is 96.9 cm³/mol. The fourth-order valence-corrected chi connectivity index (χ4v) is 3.60. The number of anilines is 1. The van der Waals surface area contributed by atoms with Crippen LogP contribution in [0.15, 0.2) is 35.6 Å². The van der Waals surface area contributed by atoms with E-state index in [1.165, 1.54) is 29.3 Å². The summed E-state index contributed by atoms with van der Waals surface area (Å²) in [5.41, 5.74) is -0.501. The Hall–Kier alpha value is -2.90. The predicted octanol–water partition coefficient (Wildman–Crippen LogP) is 2.34. The third-order valence-corrected chi connectivity index (χ3v) is 5.34. The molecule has 10 heteroatoms. The summed E-state index contributed by atoms with van der Waals surface area (Å²) in [6.07, 6.45) is 4.27. The number of rotatable bonds is 6. The summed E-state index contributed by atoms with van der Waals surface area (Å²) in [7, 11) is -3.97. The Kier molecular flexibility index (Phi) is 4.67. The zero-order valence-electron chi connectivity index (χ0n) is 14.7. The summed E-state index contributed by atoms with van der Waals surface area (Å²) in [5, 5.41) is 22.8. The molecule has 0 aliphatic rings. The molecule has 0 unspecified atom stereocenters. The maximum Gasteiger partial charge on any atom is 0.265 e. The molecule has 3 N–H and O–H groups in total. The number of halogens is 1. The molecule has 0 aliphatic heterocycles. The number of fused-ring (bicyclic) bond motifs is 1. The van der Waals surface area contributed by atoms with Crippen LogP contribution in [0.5, 0.6) is 0 Å². The van der Waals surface area contributed by atoms with E-state index in [-0.39, 0.29) is 27.0 Å². The third-order valence-electron chi connectivity index (χ3n) is 4.02. The lowest BCUT2D eigenvalue weighted by molar-refractivity contribution is 0.0651. The number of nitrogens with zero attached hydrogens (tertiary/aromatic N) is 3. The lowest BCUT2D eigenvalue weighted by Gasteiger charge is -2.16. The summed E-state index contributed by atoms with van der Waals surface area (Å²) < 4.78 is 43.1. The van der Waals surface area contributed by atoms with Gasteiger partial charge in [-0.1, -0.05) is 0 Å². The van der Waals surface area contributed by atoms with E-state index in [0.29, 0.717) is 13.0 Å². The minimum atomic E-state index is -3.97. The number of aromatic amines is 1. The third kappa shape index (κ3) is 3.94. The second-order valence-corrected chi connectivity index (χ2v) is 8.45. The van der Waals surface area contributed by atoms with Crippen LogP contribution in [0.4, 0.5) is 10.1 Å². The highest BCUT2D eigenvalue weighted by molar-refractivity contribution is 7.92. The van der Waals surface area contributed by atoms with Crippen molar-refractivity contribution < 1.29 is 17.9 Å². The van der Waals surface area contributed by atoms with Gasteiger partial charge in [0, 0.05) is 18.9 Å². The van der Waals surface area contributed by atoms with Gasteiger partial charge in [-0.05, 0) is 32.4 Å². The molecule has 0 saturated carbocycles. The van der Waals surface area contributed by atoms with Gasteiger partial charge in [-0.2, -0.15) is 10.4 Å². The number of hydrogen-bond acceptors (Lipinski definition) is 5. The first kappa shape index (κ1) is 18.9. The maximum atomic E-state index is 14.0. The van der Waals surface area contributed by atoms with Crippen LogP contribution in [0.2, 0.25) is 0 Å². The van der Waals surface area contributed by atoms with Crippen molar-refractivity contribution in [3.05, 3.63) is 42.1 Å². The average Bonchev–Trinajstić information content (AvgIpc) is 3.22. The molecule has 0 saturated heterocycles. The molecule has 0 atom stereocenters. The van der Waals surface area contributed by atoms with Gasteiger partial charge in [0.25, 0.3) is 10.0 Å². The number of nitrogens with one attached hydrogen (secondary N) is 2. The molecule has 27 heavy (non-hydrogen) atoms. The average molecular weight is 391 g/mol. The van der Waals surface area contributed by atoms with E-state index in [9.17, 15) is 17.9 Å². The van der Waals surface area contributed by atoms with Crippen molar-refractivity contribution in [3.63, 3.8) is 0 Å². The molecule has 2 heterocycles. The van der Waals surface area contributed by atoms with Crippen molar-refractivity contribution >= 4 is 26.6 Å². The van der Waals surface area contributed by atoms with Crippen LogP contribution < -0.4 is 4.72 Å². The van der Waals surface area contributed by atoms with E-state index < -0.39 is 21.4 Å². The van der Waals surface area contributed by atoms with E-state index in [1.807, 2.05) is 6.07 Å². The highest BCUT2D eigenvalue weighted by Crippen LogP contribution is 2.29. The first-order valence-corrected chi connectivity index (χ1v) is 9.56. The van der Waals surface area contributed by atoms with Crippen molar-refractivity contribution in [1.29, 1.82) is 5.26 Å². The zero-order chi connectivity index (χ0) is 19.8. The lowest BCUT2D eigenvalue weighted by Crippen LogP contribution is -2.21. The van der Waals surface area contributed by atoms with Crippen molar-refractivity contribution in [2.24, 2.45) is 0 Å². The first-order valence-electron chi connectivity index (χ1n) is 8.08. The van der Waals surface area contributed by atoms with Crippen molar-refractivity contribution in [3.8, 4) is 6.07 Å². The Morgan fingerprint density at radius 3 is 2.85 bits per heavy atom. The van der Waals surface area contributed by atoms with Crippen LogP contribution in [0.3, 0.4) is 0 Å². The quantitative estimate of drug-likeness (QED) is 0.595. The van der Waals surface area contributed by atoms with Crippen LogP contribution in [-0.4, -0.2) is 33.9 Å². The Morgan fingerprint density at radius 2 is 2.19 bits per heavy atom. The van der Waals surface area contributed by atoms with Crippen LogP contribution in [-0.2, 0) is 16.6 Å². The number of H-pyrrole nitrogens is 1. The number of aryl methyl sites for hydroxylation is 1. The van der Waals surface area contributed by atoms with Crippen LogP contribution in [0, 0.1) is 17.1 Å². The molecule has 142 valence electrons. The summed E-state index contributed by atoms with van der Waals surface area (Å²) >= 11 is 0. The molecular formula is C17H18FN5O3S. The summed E-state index contributed by atoms with van der Waals surface area (Å²) in [4.78, 5) is 2.66. The highest BCUT2D eigenvalue weighted by Gasteiger charge is 2.21. The molecule has 0 bridgehead atoms. The van der Waals surface area contributed by atoms with E-state index >= 15 is 0 Å². The molecule has 1 aromatic carbocycles. The molecule has 0 amide bonds. The Balaban J connectivity index is 1.89. The van der Waals surface area contributed by atoms with Gasteiger partial charge < -0.3 is 10.1 Å². The smallest absolute Gasteiger partial charge is 0.265 e. The molecular weight excluding hydrogens is 373 g/mol. The van der Waals surface area contributed by atoms with Gasteiger partial charge in [0.1, 0.15) is 16.8 Å². The van der Waals surface area contributed by atoms with Gasteiger partial charge in [0.2, 0.25) is 0 Å². The fraction of sp³-hybridized carbons (Fsp3) is 0.294. The zero-order valence-corrected chi connectivity index (χ0v) is 15.5. The van der Waals surface area contributed by atoms with Crippen molar-refractivity contribution in [2.45, 2.75) is 37.3 Å². The summed E-state index contributed by atoms with van der Waals surface area (Å²) in [6.45, 7) is 3.66. The molecule has 0 radical (unpaired) electrons. The van der Waals surface area contributed by atoms with E-state index in [2.05, 4.69) is 14.8 Å². The van der Waals surface area contributed by atoms with E-state index in [4.69, 9.17) is 5.26 Å². The number of hydrogen-bond donors (Lipinski definition) is 3. The maximum absolute atomic E-state index is 14.0. The Labute approximate surface area is 155 Å². The highest BCUT2D eigenvalue weighted by atomic mass is 32.2. The van der Waals surface area contributed by atoms with Gasteiger partial charge in [0.05, 0.1) is 34.0 Å². The van der Waals surface area contributed by atoms with Gasteiger partial charge in [-0.25, -0.2) is 12.8 Å². The Morgan fingerprint density at radius 1 is 1.44 bits per heavy atom. The minimum Gasteiger partial charge on any atom is -0.390 e. The normalized spacial score (nSPS) is 12.3. The molecule has 3 aromatic rings. The lowest BCUT2D eigenvalue weighted by atomic mass is 10.1. The fourth-order valence-electron chi connectivity index (χ4n) is 2.58. The SMILES string of the molecule is CC(C)(O)CCn1cc(S(=O)(=O)Nc2ccc(F)c3c(C#N)c[nH]c23)cn1. The number of aromatic nitrogens is 3. The Bertz CT molecular complexity index is 1140. The van der Waals surface area contributed by atoms with Crippen molar-refractivity contribution in [2.75, 3.05) is 4.72 Å². The second kappa shape index (κ2) is 6.68. The van der Waals surface area contributed by atoms with Gasteiger partial charge in [-0.3, -0.25) is 9.40 Å². The topological polar surface area (TPSA) is 124 Å². The number of benzene rings is 1. The standard InChI is InChI=1S/C17H18FN5O3S/c1-17(2,24)5-6-23-10-12(9-21-23)27(25,26)22-14-4-3-13(18)15-11(7-19)8-20-16(14)15/h3-4,8-10,20,22,24H,5-6H2,1-2H3. The molecule has 0 spiro atoms. The second-order valence-electron chi connectivity index (χ2n) is 6.77. The molecule has 2 aromatic heterocycles. The monoisotopic (exact) mass is 391 g/mol. The molecule has 0 fully saturated rings. The summed E-state index contributed by atoms with van der Waals surface area (Å²) in [6, 6.07) is 4.24. The molecule has 8 nitrogen and oxygen atoms in total. The van der Waals surface area contributed by atoms with E-state index in [0.717, 1.165) is 6.07 Å². The molecule has 3 rings (SSSR count). The van der Waals surface area contributed by atoms with Crippen LogP contribution in [0.25, 0.3) is 10.9 Å². The molecule has 0 aliphatic carbocycles. The number of aliphatic hydroxyl groups is 1. The largest absolute Gasteiger partial charge is 0.390 e.